The number of urea groups is 1. The number of hydrogen-bond donors (Lipinski definition) is 1. The van der Waals surface area contributed by atoms with Gasteiger partial charge in [0, 0.05) is 33.6 Å². The average Bonchev–Trinajstić information content (AvgIpc) is 3.04. The Morgan fingerprint density at radius 2 is 1.79 bits per heavy atom. The molecule has 0 radical (unpaired) electrons. The molecule has 1 aliphatic heterocycles. The first-order valence-corrected chi connectivity index (χ1v) is 11.7. The van der Waals surface area contributed by atoms with Crippen LogP contribution in [0.25, 0.3) is 0 Å². The van der Waals surface area contributed by atoms with E-state index in [1.54, 1.807) is 11.9 Å². The normalized spacial score (nSPS) is 22.3. The Morgan fingerprint density at radius 3 is 2.36 bits per heavy atom. The number of anilines is 1. The number of aryl methyl sites for hydroxylation is 1. The zero-order chi connectivity index (χ0) is 24.5. The van der Waals surface area contributed by atoms with Crippen molar-refractivity contribution in [3.8, 4) is 0 Å². The van der Waals surface area contributed by atoms with Gasteiger partial charge in [0.05, 0.1) is 28.7 Å². The van der Waals surface area contributed by atoms with Crippen molar-refractivity contribution in [3.63, 3.8) is 0 Å². The van der Waals surface area contributed by atoms with E-state index in [2.05, 4.69) is 18.8 Å². The quantitative estimate of drug-likeness (QED) is 0.656. The van der Waals surface area contributed by atoms with Crippen LogP contribution in [-0.4, -0.2) is 70.1 Å². The molecule has 5 amide bonds. The molecule has 1 aromatic rings. The lowest BCUT2D eigenvalue weighted by molar-refractivity contribution is -0.125. The average molecular weight is 458 g/mol. The number of carbonyl (C=O) groups is 4. The molecule has 1 aromatic heterocycles. The SMILES string of the molecule is CCCCc1ncc(N)c2c1C(=O)N(C1CCC(C)(CN(C)C(=O)N(C)C(C)=O)CC1)C2=O. The summed E-state index contributed by atoms with van der Waals surface area (Å²) in [7, 11) is 3.16. The second-order valence-electron chi connectivity index (χ2n) is 9.75. The van der Waals surface area contributed by atoms with Crippen molar-refractivity contribution in [1.29, 1.82) is 0 Å². The van der Waals surface area contributed by atoms with E-state index in [1.807, 2.05) is 0 Å². The molecule has 0 atom stereocenters. The molecule has 0 unspecified atom stereocenters. The van der Waals surface area contributed by atoms with Crippen LogP contribution >= 0.6 is 0 Å². The summed E-state index contributed by atoms with van der Waals surface area (Å²) in [5, 5.41) is 0. The number of imide groups is 2. The van der Waals surface area contributed by atoms with E-state index >= 15 is 0 Å². The zero-order valence-corrected chi connectivity index (χ0v) is 20.3. The van der Waals surface area contributed by atoms with E-state index in [-0.39, 0.29) is 40.9 Å². The monoisotopic (exact) mass is 457 g/mol. The minimum absolute atomic E-state index is 0.163. The Kier molecular flexibility index (Phi) is 7.09. The van der Waals surface area contributed by atoms with Gasteiger partial charge in [0.2, 0.25) is 5.91 Å². The van der Waals surface area contributed by atoms with Gasteiger partial charge in [0.1, 0.15) is 0 Å². The molecule has 0 spiro atoms. The highest BCUT2D eigenvalue weighted by atomic mass is 16.2. The van der Waals surface area contributed by atoms with Gasteiger partial charge in [-0.3, -0.25) is 29.2 Å². The van der Waals surface area contributed by atoms with Gasteiger partial charge >= 0.3 is 6.03 Å². The predicted octanol–water partition coefficient (Wildman–Crippen LogP) is 3.08. The Bertz CT molecular complexity index is 968. The third kappa shape index (κ3) is 4.72. The Labute approximate surface area is 195 Å². The number of nitrogens with two attached hydrogens (primary N) is 1. The third-order valence-electron chi connectivity index (χ3n) is 7.05. The minimum atomic E-state index is -0.339. The van der Waals surface area contributed by atoms with Crippen LogP contribution in [0.4, 0.5) is 10.5 Å². The van der Waals surface area contributed by atoms with Crippen LogP contribution < -0.4 is 5.73 Å². The third-order valence-corrected chi connectivity index (χ3v) is 7.05. The first-order valence-electron chi connectivity index (χ1n) is 11.7. The molecule has 2 aliphatic rings. The molecule has 1 saturated carbocycles. The molecule has 9 heteroatoms. The highest BCUT2D eigenvalue weighted by Crippen LogP contribution is 2.41. The molecule has 33 heavy (non-hydrogen) atoms. The predicted molar refractivity (Wildman–Crippen MR) is 125 cm³/mol. The van der Waals surface area contributed by atoms with Gasteiger partial charge in [-0.05, 0) is 43.9 Å². The molecular formula is C24H35N5O4. The Balaban J connectivity index is 1.71. The molecule has 2 N–H and O–H groups in total. The molecule has 1 aliphatic carbocycles. The van der Waals surface area contributed by atoms with Gasteiger partial charge in [0.25, 0.3) is 11.8 Å². The van der Waals surface area contributed by atoms with E-state index < -0.39 is 0 Å². The zero-order valence-electron chi connectivity index (χ0n) is 20.3. The topological polar surface area (TPSA) is 117 Å². The van der Waals surface area contributed by atoms with Crippen molar-refractivity contribution < 1.29 is 19.2 Å². The summed E-state index contributed by atoms with van der Waals surface area (Å²) in [5.41, 5.74) is 7.47. The van der Waals surface area contributed by atoms with Crippen molar-refractivity contribution in [2.45, 2.75) is 71.8 Å². The van der Waals surface area contributed by atoms with Crippen molar-refractivity contribution in [1.82, 2.24) is 19.7 Å². The summed E-state index contributed by atoms with van der Waals surface area (Å²) in [4.78, 5) is 58.9. The van der Waals surface area contributed by atoms with Gasteiger partial charge < -0.3 is 10.6 Å². The smallest absolute Gasteiger partial charge is 0.326 e. The fraction of sp³-hybridized carbons (Fsp3) is 0.625. The molecule has 180 valence electrons. The van der Waals surface area contributed by atoms with E-state index in [1.165, 1.54) is 25.1 Å². The molecular weight excluding hydrogens is 422 g/mol. The second kappa shape index (κ2) is 9.49. The summed E-state index contributed by atoms with van der Waals surface area (Å²) >= 11 is 0. The van der Waals surface area contributed by atoms with Crippen molar-refractivity contribution >= 4 is 29.4 Å². The first kappa shape index (κ1) is 24.7. The van der Waals surface area contributed by atoms with E-state index in [0.717, 1.165) is 30.6 Å². The number of aromatic nitrogens is 1. The highest BCUT2D eigenvalue weighted by Gasteiger charge is 2.45. The number of amides is 5. The number of hydrogen-bond acceptors (Lipinski definition) is 6. The van der Waals surface area contributed by atoms with Crippen molar-refractivity contribution in [2.75, 3.05) is 26.4 Å². The first-order chi connectivity index (χ1) is 15.5. The lowest BCUT2D eigenvalue weighted by Gasteiger charge is -2.42. The molecule has 1 fully saturated rings. The number of nitrogen functional groups attached to an aromatic ring is 1. The number of pyridine rings is 1. The van der Waals surface area contributed by atoms with Gasteiger partial charge in [-0.1, -0.05) is 20.3 Å². The van der Waals surface area contributed by atoms with Gasteiger partial charge in [-0.25, -0.2) is 4.79 Å². The largest absolute Gasteiger partial charge is 0.397 e. The Morgan fingerprint density at radius 1 is 1.18 bits per heavy atom. The van der Waals surface area contributed by atoms with E-state index in [0.29, 0.717) is 42.6 Å². The standard InChI is InChI=1S/C24H35N5O4/c1-6-7-8-18-20-19(17(25)13-26-18)21(31)29(22(20)32)16-9-11-24(3,12-10-16)14-27(4)23(33)28(5)15(2)30/h13,16H,6-12,14,25H2,1-5H3. The molecule has 2 heterocycles. The molecule has 3 rings (SSSR count). The second-order valence-corrected chi connectivity index (χ2v) is 9.75. The Hall–Kier alpha value is -2.97. The fourth-order valence-corrected chi connectivity index (χ4v) is 4.97. The van der Waals surface area contributed by atoms with E-state index in [4.69, 9.17) is 5.73 Å². The van der Waals surface area contributed by atoms with E-state index in [9.17, 15) is 19.2 Å². The lowest BCUT2D eigenvalue weighted by Crippen LogP contribution is -2.48. The van der Waals surface area contributed by atoms with Crippen LogP contribution in [0.1, 0.15) is 85.7 Å². The maximum atomic E-state index is 13.3. The van der Waals surface area contributed by atoms with Crippen LogP contribution in [0, 0.1) is 5.41 Å². The van der Waals surface area contributed by atoms with Crippen molar-refractivity contribution in [2.24, 2.45) is 5.41 Å². The van der Waals surface area contributed by atoms with Gasteiger partial charge in [-0.2, -0.15) is 0 Å². The highest BCUT2D eigenvalue weighted by molar-refractivity contribution is 6.24. The molecule has 0 bridgehead atoms. The number of carbonyl (C=O) groups excluding carboxylic acids is 4. The number of rotatable bonds is 6. The lowest BCUT2D eigenvalue weighted by atomic mass is 9.73. The number of fused-ring (bicyclic) bond motifs is 1. The number of unbranched alkanes of at least 4 members (excludes halogenated alkanes) is 1. The summed E-state index contributed by atoms with van der Waals surface area (Å²) in [5.74, 6) is -0.917. The van der Waals surface area contributed by atoms with Crippen molar-refractivity contribution in [3.05, 3.63) is 23.0 Å². The van der Waals surface area contributed by atoms with Crippen LogP contribution in [0.15, 0.2) is 6.20 Å². The van der Waals surface area contributed by atoms with Crippen LogP contribution in [0.2, 0.25) is 0 Å². The molecule has 9 nitrogen and oxygen atoms in total. The maximum Gasteiger partial charge on any atom is 0.326 e. The van der Waals surface area contributed by atoms with Crippen LogP contribution in [0.5, 0.6) is 0 Å². The van der Waals surface area contributed by atoms with Gasteiger partial charge in [-0.15, -0.1) is 0 Å². The van der Waals surface area contributed by atoms with Crippen LogP contribution in [0.3, 0.4) is 0 Å². The number of nitrogens with zero attached hydrogens (tertiary/aromatic N) is 4. The maximum absolute atomic E-state index is 13.3. The molecule has 0 aromatic carbocycles. The summed E-state index contributed by atoms with van der Waals surface area (Å²) in [6, 6.07) is -0.543. The fourth-order valence-electron chi connectivity index (χ4n) is 4.97. The summed E-state index contributed by atoms with van der Waals surface area (Å²) in [6.45, 7) is 6.03. The molecule has 0 saturated heterocycles. The van der Waals surface area contributed by atoms with Crippen LogP contribution in [-0.2, 0) is 11.2 Å². The minimum Gasteiger partial charge on any atom is -0.397 e. The summed E-state index contributed by atoms with van der Waals surface area (Å²) < 4.78 is 0. The summed E-state index contributed by atoms with van der Waals surface area (Å²) in [6.07, 6.45) is 6.80. The van der Waals surface area contributed by atoms with Gasteiger partial charge in [0.15, 0.2) is 0 Å².